The molecule has 0 saturated heterocycles. The number of esters is 1. The molecule has 0 fully saturated rings. The van der Waals surface area contributed by atoms with Crippen molar-refractivity contribution in [1.82, 2.24) is 0 Å². The normalized spacial score (nSPS) is 11.1. The van der Waals surface area contributed by atoms with Crippen molar-refractivity contribution in [2.75, 3.05) is 6.61 Å². The lowest BCUT2D eigenvalue weighted by Crippen LogP contribution is -2.11. The number of ketones is 1. The fourth-order valence-electron chi connectivity index (χ4n) is 1.91. The lowest BCUT2D eigenvalue weighted by atomic mass is 10.2. The van der Waals surface area contributed by atoms with Gasteiger partial charge in [-0.25, -0.2) is 4.79 Å². The first-order valence-corrected chi connectivity index (χ1v) is 7.50. The van der Waals surface area contributed by atoms with Gasteiger partial charge in [-0.1, -0.05) is 24.3 Å². The first-order chi connectivity index (χ1) is 10.7. The average Bonchev–Trinajstić information content (AvgIpc) is 3.19. The lowest BCUT2D eigenvalue weighted by molar-refractivity contribution is -0.136. The van der Waals surface area contributed by atoms with E-state index in [1.807, 2.05) is 35.7 Å². The van der Waals surface area contributed by atoms with Gasteiger partial charge >= 0.3 is 5.97 Å². The minimum absolute atomic E-state index is 0.191. The van der Waals surface area contributed by atoms with Gasteiger partial charge in [0.15, 0.2) is 12.4 Å². The molecule has 110 valence electrons. The molecular formula is C17H12O4S. The van der Waals surface area contributed by atoms with E-state index in [0.717, 1.165) is 10.3 Å². The van der Waals surface area contributed by atoms with Crippen molar-refractivity contribution in [1.29, 1.82) is 0 Å². The number of furan rings is 1. The van der Waals surface area contributed by atoms with E-state index in [-0.39, 0.29) is 18.2 Å². The number of Topliss-reactive ketones (excluding diaryl/α,β-unsaturated/α-hetero) is 1. The third-order valence-corrected chi connectivity index (χ3v) is 3.81. The fraction of sp³-hybridized carbons (Fsp3) is 0.0588. The highest BCUT2D eigenvalue weighted by atomic mass is 32.1. The van der Waals surface area contributed by atoms with Crippen LogP contribution in [0.1, 0.15) is 15.4 Å². The molecule has 0 amide bonds. The molecule has 0 spiro atoms. The van der Waals surface area contributed by atoms with Gasteiger partial charge in [0.25, 0.3) is 0 Å². The Hall–Kier alpha value is -2.66. The van der Waals surface area contributed by atoms with Crippen molar-refractivity contribution in [3.8, 4) is 0 Å². The van der Waals surface area contributed by atoms with Crippen molar-refractivity contribution in [3.63, 3.8) is 0 Å². The Morgan fingerprint density at radius 2 is 2.05 bits per heavy atom. The fourth-order valence-corrected chi connectivity index (χ4v) is 2.53. The molecule has 2 heterocycles. The molecule has 0 saturated carbocycles. The van der Waals surface area contributed by atoms with Crippen LogP contribution in [0, 0.1) is 0 Å². The number of fused-ring (bicyclic) bond motifs is 1. The zero-order valence-corrected chi connectivity index (χ0v) is 12.3. The molecular weight excluding hydrogens is 300 g/mol. The number of carbonyl (C=O) groups is 2. The summed E-state index contributed by atoms with van der Waals surface area (Å²) in [6, 6.07) is 12.7. The summed E-state index contributed by atoms with van der Waals surface area (Å²) in [7, 11) is 0. The van der Waals surface area contributed by atoms with Crippen LogP contribution in [-0.2, 0) is 9.53 Å². The highest BCUT2D eigenvalue weighted by molar-refractivity contribution is 7.10. The summed E-state index contributed by atoms with van der Waals surface area (Å²) in [6.45, 7) is -0.340. The van der Waals surface area contributed by atoms with Crippen LogP contribution >= 0.6 is 11.3 Å². The second kappa shape index (κ2) is 6.41. The number of para-hydroxylation sites is 1. The van der Waals surface area contributed by atoms with E-state index in [2.05, 4.69) is 0 Å². The van der Waals surface area contributed by atoms with Gasteiger partial charge in [0, 0.05) is 16.3 Å². The molecule has 3 aromatic rings. The van der Waals surface area contributed by atoms with Gasteiger partial charge in [0.1, 0.15) is 5.58 Å². The summed E-state index contributed by atoms with van der Waals surface area (Å²) >= 11 is 1.51. The summed E-state index contributed by atoms with van der Waals surface area (Å²) < 4.78 is 10.3. The Balaban J connectivity index is 1.58. The largest absolute Gasteiger partial charge is 0.454 e. The Morgan fingerprint density at radius 1 is 1.18 bits per heavy atom. The number of hydrogen-bond donors (Lipinski definition) is 0. The minimum Gasteiger partial charge on any atom is -0.454 e. The zero-order valence-electron chi connectivity index (χ0n) is 11.5. The summed E-state index contributed by atoms with van der Waals surface area (Å²) in [5.74, 6) is -0.733. The van der Waals surface area contributed by atoms with E-state index in [9.17, 15) is 9.59 Å². The summed E-state index contributed by atoms with van der Waals surface area (Å²) in [4.78, 5) is 24.5. The molecule has 3 rings (SSSR count). The molecule has 0 unspecified atom stereocenters. The van der Waals surface area contributed by atoms with Crippen molar-refractivity contribution in [2.45, 2.75) is 0 Å². The van der Waals surface area contributed by atoms with Crippen LogP contribution in [0.4, 0.5) is 0 Å². The summed E-state index contributed by atoms with van der Waals surface area (Å²) in [5.41, 5.74) is 0.634. The van der Waals surface area contributed by atoms with E-state index in [0.29, 0.717) is 5.58 Å². The SMILES string of the molecule is O=C(C=Cc1cccs1)OCC(=O)c1cc2ccccc2o1. The molecule has 0 bridgehead atoms. The van der Waals surface area contributed by atoms with Crippen molar-refractivity contribution >= 4 is 40.1 Å². The molecule has 1 aromatic carbocycles. The van der Waals surface area contributed by atoms with Crippen LogP contribution in [0.3, 0.4) is 0 Å². The molecule has 4 nitrogen and oxygen atoms in total. The number of carbonyl (C=O) groups excluding carboxylic acids is 2. The van der Waals surface area contributed by atoms with E-state index < -0.39 is 5.97 Å². The predicted octanol–water partition coefficient (Wildman–Crippen LogP) is 3.93. The topological polar surface area (TPSA) is 56.5 Å². The summed E-state index contributed by atoms with van der Waals surface area (Å²) in [5, 5.41) is 2.76. The second-order valence-electron chi connectivity index (χ2n) is 4.53. The number of benzene rings is 1. The van der Waals surface area contributed by atoms with E-state index in [1.165, 1.54) is 17.4 Å². The molecule has 0 aliphatic heterocycles. The summed E-state index contributed by atoms with van der Waals surface area (Å²) in [6.07, 6.45) is 2.95. The highest BCUT2D eigenvalue weighted by Gasteiger charge is 2.13. The highest BCUT2D eigenvalue weighted by Crippen LogP contribution is 2.19. The third kappa shape index (κ3) is 3.32. The predicted molar refractivity (Wildman–Crippen MR) is 84.9 cm³/mol. The molecule has 0 radical (unpaired) electrons. The van der Waals surface area contributed by atoms with Crippen molar-refractivity contribution in [2.24, 2.45) is 0 Å². The van der Waals surface area contributed by atoms with Crippen LogP contribution in [0.25, 0.3) is 17.0 Å². The quantitative estimate of drug-likeness (QED) is 0.407. The first kappa shape index (κ1) is 14.3. The van der Waals surface area contributed by atoms with Gasteiger partial charge in [0.05, 0.1) is 0 Å². The standard InChI is InChI=1S/C17H12O4S/c18-14(16-10-12-4-1-2-6-15(12)21-16)11-20-17(19)8-7-13-5-3-9-22-13/h1-10H,11H2. The van der Waals surface area contributed by atoms with Crippen LogP contribution in [0.5, 0.6) is 0 Å². The van der Waals surface area contributed by atoms with Crippen molar-refractivity contribution < 1.29 is 18.7 Å². The van der Waals surface area contributed by atoms with Gasteiger partial charge in [-0.05, 0) is 29.7 Å². The molecule has 0 aliphatic carbocycles. The smallest absolute Gasteiger partial charge is 0.331 e. The maximum Gasteiger partial charge on any atom is 0.331 e. The van der Waals surface area contributed by atoms with E-state index in [1.54, 1.807) is 18.2 Å². The Morgan fingerprint density at radius 3 is 2.82 bits per heavy atom. The number of rotatable bonds is 5. The molecule has 22 heavy (non-hydrogen) atoms. The van der Waals surface area contributed by atoms with Crippen LogP contribution in [0.15, 0.2) is 58.3 Å². The lowest BCUT2D eigenvalue weighted by Gasteiger charge is -1.98. The number of thiophene rings is 1. The van der Waals surface area contributed by atoms with Crippen LogP contribution in [0.2, 0.25) is 0 Å². The van der Waals surface area contributed by atoms with E-state index in [4.69, 9.17) is 9.15 Å². The van der Waals surface area contributed by atoms with E-state index >= 15 is 0 Å². The third-order valence-electron chi connectivity index (χ3n) is 2.97. The maximum atomic E-state index is 12.0. The van der Waals surface area contributed by atoms with Crippen LogP contribution < -0.4 is 0 Å². The second-order valence-corrected chi connectivity index (χ2v) is 5.51. The minimum atomic E-state index is -0.558. The van der Waals surface area contributed by atoms with Gasteiger partial charge in [0.2, 0.25) is 5.78 Å². The van der Waals surface area contributed by atoms with Gasteiger partial charge < -0.3 is 9.15 Å². The first-order valence-electron chi connectivity index (χ1n) is 6.62. The van der Waals surface area contributed by atoms with Gasteiger partial charge in [-0.3, -0.25) is 4.79 Å². The molecule has 2 aromatic heterocycles. The van der Waals surface area contributed by atoms with Gasteiger partial charge in [-0.2, -0.15) is 0 Å². The Bertz CT molecular complexity index is 794. The maximum absolute atomic E-state index is 12.0. The Labute approximate surface area is 130 Å². The molecule has 0 N–H and O–H groups in total. The zero-order chi connectivity index (χ0) is 15.4. The monoisotopic (exact) mass is 312 g/mol. The average molecular weight is 312 g/mol. The molecule has 5 heteroatoms. The van der Waals surface area contributed by atoms with Gasteiger partial charge in [-0.15, -0.1) is 11.3 Å². The number of ether oxygens (including phenoxy) is 1. The molecule has 0 aliphatic rings. The Kier molecular flexibility index (Phi) is 4.16. The van der Waals surface area contributed by atoms with Crippen molar-refractivity contribution in [3.05, 3.63) is 64.6 Å². The van der Waals surface area contributed by atoms with Crippen LogP contribution in [-0.4, -0.2) is 18.4 Å². The molecule has 0 atom stereocenters. The number of hydrogen-bond acceptors (Lipinski definition) is 5.